The van der Waals surface area contributed by atoms with Crippen LogP contribution in [0, 0.1) is 0 Å². The van der Waals surface area contributed by atoms with E-state index in [2.05, 4.69) is 17.4 Å². The Morgan fingerprint density at radius 1 is 1.09 bits per heavy atom. The molecule has 6 heteroatoms. The number of methoxy groups -OCH3 is 1. The van der Waals surface area contributed by atoms with Crippen LogP contribution in [0.1, 0.15) is 48.7 Å². The van der Waals surface area contributed by atoms with E-state index >= 15 is 0 Å². The summed E-state index contributed by atoms with van der Waals surface area (Å²) in [7, 11) is 1.65. The van der Waals surface area contributed by atoms with Gasteiger partial charge in [0.1, 0.15) is 5.75 Å². The Kier molecular flexibility index (Phi) is 6.33. The maximum Gasteiger partial charge on any atom is 0.258 e. The highest BCUT2D eigenvalue weighted by Crippen LogP contribution is 2.35. The highest BCUT2D eigenvalue weighted by Gasteiger charge is 2.35. The predicted octanol–water partition coefficient (Wildman–Crippen LogP) is 4.07. The predicted molar refractivity (Wildman–Crippen MR) is 126 cm³/mol. The van der Waals surface area contributed by atoms with Gasteiger partial charge in [-0.2, -0.15) is 0 Å². The molecule has 1 amide bonds. The van der Waals surface area contributed by atoms with Crippen LogP contribution in [-0.2, 0) is 10.2 Å². The van der Waals surface area contributed by atoms with E-state index in [-0.39, 0.29) is 22.9 Å². The van der Waals surface area contributed by atoms with E-state index in [0.29, 0.717) is 36.1 Å². The van der Waals surface area contributed by atoms with Crippen molar-refractivity contribution in [2.75, 3.05) is 26.9 Å². The summed E-state index contributed by atoms with van der Waals surface area (Å²) >= 11 is 0. The first kappa shape index (κ1) is 22.1. The summed E-state index contributed by atoms with van der Waals surface area (Å²) in [5.74, 6) is 0.636. The number of amides is 1. The molecule has 6 nitrogen and oxygen atoms in total. The number of pyridine rings is 1. The number of nitrogens with zero attached hydrogens (tertiary/aromatic N) is 1. The third-order valence-corrected chi connectivity index (χ3v) is 6.49. The lowest BCUT2D eigenvalue weighted by atomic mass is 9.74. The summed E-state index contributed by atoms with van der Waals surface area (Å²) in [6.45, 7) is 5.69. The number of benzene rings is 2. The minimum absolute atomic E-state index is 0.0419. The number of fused-ring (bicyclic) bond motifs is 1. The van der Waals surface area contributed by atoms with Crippen LogP contribution in [-0.4, -0.2) is 37.3 Å². The van der Waals surface area contributed by atoms with Gasteiger partial charge in [0.2, 0.25) is 0 Å². The van der Waals surface area contributed by atoms with Crippen LogP contribution >= 0.6 is 0 Å². The molecule has 1 aromatic heterocycles. The normalized spacial score (nSPS) is 15.6. The fraction of sp³-hybridized carbons (Fsp3) is 0.385. The van der Waals surface area contributed by atoms with Gasteiger partial charge < -0.3 is 19.4 Å². The Balaban J connectivity index is 1.66. The second-order valence-corrected chi connectivity index (χ2v) is 8.70. The van der Waals surface area contributed by atoms with Crippen molar-refractivity contribution >= 4 is 16.7 Å². The van der Waals surface area contributed by atoms with Crippen molar-refractivity contribution in [3.05, 3.63) is 76.2 Å². The molecule has 0 spiro atoms. The molecular weight excluding hydrogens is 404 g/mol. The van der Waals surface area contributed by atoms with Crippen LogP contribution in [0.15, 0.2) is 59.5 Å². The summed E-state index contributed by atoms with van der Waals surface area (Å²) in [6, 6.07) is 15.3. The van der Waals surface area contributed by atoms with Crippen molar-refractivity contribution in [1.82, 2.24) is 9.88 Å². The zero-order chi connectivity index (χ0) is 22.7. The van der Waals surface area contributed by atoms with Crippen molar-refractivity contribution in [3.63, 3.8) is 0 Å². The van der Waals surface area contributed by atoms with E-state index in [1.165, 1.54) is 5.56 Å². The fourth-order valence-corrected chi connectivity index (χ4v) is 4.49. The highest BCUT2D eigenvalue weighted by atomic mass is 16.5. The standard InChI is InChI=1S/C26H30N2O4/c1-18(2)28-16-23(21-6-4-5-7-22(21)25(28)30)24(29)27-17-26(12-14-32-15-13-26)19-8-10-20(31-3)11-9-19/h4-11,16,18H,12-15,17H2,1-3H3,(H,27,29). The number of carbonyl (C=O) groups is 1. The number of hydrogen-bond acceptors (Lipinski definition) is 4. The molecule has 3 aromatic rings. The molecule has 4 rings (SSSR count). The molecular formula is C26H30N2O4. The van der Waals surface area contributed by atoms with Gasteiger partial charge in [-0.15, -0.1) is 0 Å². The first-order valence-corrected chi connectivity index (χ1v) is 11.1. The minimum Gasteiger partial charge on any atom is -0.497 e. The molecule has 32 heavy (non-hydrogen) atoms. The molecule has 0 unspecified atom stereocenters. The van der Waals surface area contributed by atoms with E-state index in [4.69, 9.17) is 9.47 Å². The molecule has 0 aliphatic carbocycles. The maximum absolute atomic E-state index is 13.4. The zero-order valence-electron chi connectivity index (χ0n) is 18.9. The lowest BCUT2D eigenvalue weighted by molar-refractivity contribution is 0.0487. The molecule has 1 saturated heterocycles. The van der Waals surface area contributed by atoms with Crippen LogP contribution in [0.3, 0.4) is 0 Å². The van der Waals surface area contributed by atoms with Crippen molar-refractivity contribution in [1.29, 1.82) is 0 Å². The van der Waals surface area contributed by atoms with E-state index in [1.54, 1.807) is 23.9 Å². The molecule has 1 aliphatic heterocycles. The SMILES string of the molecule is COc1ccc(C2(CNC(=O)c3cn(C(C)C)c(=O)c4ccccc34)CCOCC2)cc1. The van der Waals surface area contributed by atoms with Gasteiger partial charge >= 0.3 is 0 Å². The Morgan fingerprint density at radius 3 is 2.38 bits per heavy atom. The van der Waals surface area contributed by atoms with Gasteiger partial charge in [-0.25, -0.2) is 0 Å². The Labute approximate surface area is 188 Å². The topological polar surface area (TPSA) is 69.6 Å². The number of hydrogen-bond donors (Lipinski definition) is 1. The van der Waals surface area contributed by atoms with Crippen molar-refractivity contribution in [3.8, 4) is 5.75 Å². The van der Waals surface area contributed by atoms with Crippen molar-refractivity contribution in [2.45, 2.75) is 38.1 Å². The monoisotopic (exact) mass is 434 g/mol. The van der Waals surface area contributed by atoms with Gasteiger partial charge in [-0.05, 0) is 50.5 Å². The summed E-state index contributed by atoms with van der Waals surface area (Å²) < 4.78 is 12.6. The Hall–Kier alpha value is -3.12. The molecule has 0 radical (unpaired) electrons. The molecule has 1 fully saturated rings. The van der Waals surface area contributed by atoms with Gasteiger partial charge in [0.25, 0.3) is 11.5 Å². The van der Waals surface area contributed by atoms with Gasteiger partial charge in [-0.3, -0.25) is 9.59 Å². The smallest absolute Gasteiger partial charge is 0.258 e. The van der Waals surface area contributed by atoms with E-state index in [0.717, 1.165) is 18.6 Å². The van der Waals surface area contributed by atoms with Crippen molar-refractivity contribution < 1.29 is 14.3 Å². The van der Waals surface area contributed by atoms with Crippen LogP contribution in [0.2, 0.25) is 0 Å². The maximum atomic E-state index is 13.4. The van der Waals surface area contributed by atoms with E-state index in [1.807, 2.05) is 44.2 Å². The van der Waals surface area contributed by atoms with Gasteiger partial charge in [0.05, 0.1) is 12.7 Å². The average molecular weight is 435 g/mol. The lowest BCUT2D eigenvalue weighted by Crippen LogP contribution is -2.44. The van der Waals surface area contributed by atoms with Gasteiger partial charge in [-0.1, -0.05) is 30.3 Å². The summed E-state index contributed by atoms with van der Waals surface area (Å²) in [5.41, 5.74) is 1.40. The van der Waals surface area contributed by atoms with E-state index < -0.39 is 0 Å². The second kappa shape index (κ2) is 9.17. The average Bonchev–Trinajstić information content (AvgIpc) is 2.83. The number of nitrogens with one attached hydrogen (secondary N) is 1. The number of carbonyl (C=O) groups excluding carboxylic acids is 1. The number of ether oxygens (including phenoxy) is 2. The summed E-state index contributed by atoms with van der Waals surface area (Å²) in [4.78, 5) is 26.2. The third kappa shape index (κ3) is 4.15. The second-order valence-electron chi connectivity index (χ2n) is 8.70. The summed E-state index contributed by atoms with van der Waals surface area (Å²) in [5, 5.41) is 4.41. The quantitative estimate of drug-likeness (QED) is 0.635. The molecule has 2 aromatic carbocycles. The Morgan fingerprint density at radius 2 is 1.75 bits per heavy atom. The van der Waals surface area contributed by atoms with Gasteiger partial charge in [0, 0.05) is 48.2 Å². The molecule has 0 saturated carbocycles. The van der Waals surface area contributed by atoms with Gasteiger partial charge in [0.15, 0.2) is 0 Å². The third-order valence-electron chi connectivity index (χ3n) is 6.49. The first-order valence-electron chi connectivity index (χ1n) is 11.1. The van der Waals surface area contributed by atoms with Crippen molar-refractivity contribution in [2.24, 2.45) is 0 Å². The van der Waals surface area contributed by atoms with Crippen LogP contribution in [0.25, 0.3) is 10.8 Å². The van der Waals surface area contributed by atoms with Crippen LogP contribution in [0.4, 0.5) is 0 Å². The van der Waals surface area contributed by atoms with Crippen LogP contribution < -0.4 is 15.6 Å². The first-order chi connectivity index (χ1) is 15.4. The minimum atomic E-state index is -0.206. The molecule has 0 bridgehead atoms. The Bertz CT molecular complexity index is 1160. The molecule has 1 N–H and O–H groups in total. The van der Waals surface area contributed by atoms with E-state index in [9.17, 15) is 9.59 Å². The number of rotatable bonds is 6. The highest BCUT2D eigenvalue weighted by molar-refractivity contribution is 6.06. The summed E-state index contributed by atoms with van der Waals surface area (Å²) in [6.07, 6.45) is 3.34. The molecule has 168 valence electrons. The largest absolute Gasteiger partial charge is 0.497 e. The number of aromatic nitrogens is 1. The van der Waals surface area contributed by atoms with Crippen LogP contribution in [0.5, 0.6) is 5.75 Å². The molecule has 2 heterocycles. The fourth-order valence-electron chi connectivity index (χ4n) is 4.49. The lowest BCUT2D eigenvalue weighted by Gasteiger charge is -2.38. The molecule has 1 aliphatic rings. The zero-order valence-corrected chi connectivity index (χ0v) is 18.9. The molecule has 0 atom stereocenters.